The number of benzene rings is 3. The molecule has 23 heavy (non-hydrogen) atoms. The Morgan fingerprint density at radius 2 is 1.22 bits per heavy atom. The summed E-state index contributed by atoms with van der Waals surface area (Å²) in [6.45, 7) is 0. The van der Waals surface area contributed by atoms with Gasteiger partial charge in [0.15, 0.2) is 0 Å². The van der Waals surface area contributed by atoms with Crippen LogP contribution in [0.3, 0.4) is 0 Å². The molecule has 0 spiro atoms. The van der Waals surface area contributed by atoms with E-state index >= 15 is 0 Å². The molecule has 0 radical (unpaired) electrons. The van der Waals surface area contributed by atoms with Crippen LogP contribution in [-0.4, -0.2) is 12.2 Å². The van der Waals surface area contributed by atoms with Crippen LogP contribution in [0, 0.1) is 0 Å². The molecule has 0 saturated heterocycles. The molecule has 2 nitrogen and oxygen atoms in total. The maximum absolute atomic E-state index is 9.57. The topological polar surface area (TPSA) is 29.5 Å². The van der Waals surface area contributed by atoms with E-state index < -0.39 is 4.87 Å². The molecule has 3 rings (SSSR count). The summed E-state index contributed by atoms with van der Waals surface area (Å²) in [5.41, 5.74) is 2.81. The summed E-state index contributed by atoms with van der Waals surface area (Å²) in [4.78, 5) is -0.832. The number of phenols is 1. The SMILES string of the molecule is COc1ccc(C(Cl)(c2ccccc2)c2ccc(O)cc2)cc1. The lowest BCUT2D eigenvalue weighted by Gasteiger charge is -2.29. The van der Waals surface area contributed by atoms with Crippen molar-refractivity contribution in [3.63, 3.8) is 0 Å². The van der Waals surface area contributed by atoms with Crippen LogP contribution >= 0.6 is 11.6 Å². The maximum Gasteiger partial charge on any atom is 0.119 e. The lowest BCUT2D eigenvalue weighted by molar-refractivity contribution is 0.414. The third-order valence-corrected chi connectivity index (χ3v) is 4.58. The Balaban J connectivity index is 2.18. The first-order valence-corrected chi connectivity index (χ1v) is 7.71. The highest BCUT2D eigenvalue weighted by molar-refractivity contribution is 6.28. The van der Waals surface area contributed by atoms with Crippen LogP contribution in [0.5, 0.6) is 11.5 Å². The number of ether oxygens (including phenoxy) is 1. The number of rotatable bonds is 4. The van der Waals surface area contributed by atoms with Gasteiger partial charge >= 0.3 is 0 Å². The second-order valence-corrected chi connectivity index (χ2v) is 5.87. The van der Waals surface area contributed by atoms with Crippen molar-refractivity contribution in [1.29, 1.82) is 0 Å². The Morgan fingerprint density at radius 1 is 0.739 bits per heavy atom. The number of methoxy groups -OCH3 is 1. The third-order valence-electron chi connectivity index (χ3n) is 3.92. The normalized spacial score (nSPS) is 13.3. The summed E-state index contributed by atoms with van der Waals surface area (Å²) >= 11 is 7.14. The van der Waals surface area contributed by atoms with E-state index in [0.717, 1.165) is 22.4 Å². The van der Waals surface area contributed by atoms with Crippen molar-refractivity contribution in [1.82, 2.24) is 0 Å². The predicted molar refractivity (Wildman–Crippen MR) is 93.3 cm³/mol. The summed E-state index contributed by atoms with van der Waals surface area (Å²) in [6.07, 6.45) is 0. The average molecular weight is 325 g/mol. The largest absolute Gasteiger partial charge is 0.508 e. The van der Waals surface area contributed by atoms with Crippen LogP contribution in [0.1, 0.15) is 16.7 Å². The standard InChI is InChI=1S/C20H17ClO2/c1-23-19-13-9-17(10-14-19)20(21,15-5-3-2-4-6-15)16-7-11-18(22)12-8-16/h2-14,22H,1H3. The second kappa shape index (κ2) is 6.35. The monoisotopic (exact) mass is 324 g/mol. The number of hydrogen-bond acceptors (Lipinski definition) is 2. The van der Waals surface area contributed by atoms with E-state index in [0.29, 0.717) is 0 Å². The first-order chi connectivity index (χ1) is 11.1. The van der Waals surface area contributed by atoms with Gasteiger partial charge in [-0.15, -0.1) is 11.6 Å². The molecule has 0 aliphatic heterocycles. The lowest BCUT2D eigenvalue weighted by atomic mass is 9.84. The third kappa shape index (κ3) is 2.90. The molecular formula is C20H17ClO2. The summed E-state index contributed by atoms with van der Waals surface area (Å²) in [5.74, 6) is 1.00. The van der Waals surface area contributed by atoms with Crippen LogP contribution in [0.25, 0.3) is 0 Å². The van der Waals surface area contributed by atoms with E-state index in [-0.39, 0.29) is 5.75 Å². The Morgan fingerprint density at radius 3 is 1.74 bits per heavy atom. The smallest absolute Gasteiger partial charge is 0.119 e. The quantitative estimate of drug-likeness (QED) is 0.544. The van der Waals surface area contributed by atoms with Crippen molar-refractivity contribution in [2.75, 3.05) is 7.11 Å². The fourth-order valence-electron chi connectivity index (χ4n) is 2.68. The van der Waals surface area contributed by atoms with Crippen LogP contribution in [0.15, 0.2) is 78.9 Å². The van der Waals surface area contributed by atoms with Gasteiger partial charge in [0.25, 0.3) is 0 Å². The van der Waals surface area contributed by atoms with Gasteiger partial charge in [-0.05, 0) is 41.0 Å². The van der Waals surface area contributed by atoms with Crippen molar-refractivity contribution in [3.05, 3.63) is 95.6 Å². The van der Waals surface area contributed by atoms with Crippen molar-refractivity contribution in [3.8, 4) is 11.5 Å². The Hall–Kier alpha value is -2.45. The second-order valence-electron chi connectivity index (χ2n) is 5.30. The molecule has 3 heteroatoms. The van der Waals surface area contributed by atoms with Crippen molar-refractivity contribution in [2.45, 2.75) is 4.87 Å². The summed E-state index contributed by atoms with van der Waals surface area (Å²) < 4.78 is 5.23. The highest BCUT2D eigenvalue weighted by Crippen LogP contribution is 2.43. The van der Waals surface area contributed by atoms with Crippen LogP contribution in [0.4, 0.5) is 0 Å². The summed E-state index contributed by atoms with van der Waals surface area (Å²) in [6, 6.07) is 24.6. The molecule has 0 aliphatic rings. The molecular weight excluding hydrogens is 308 g/mol. The van der Waals surface area contributed by atoms with Gasteiger partial charge in [-0.2, -0.15) is 0 Å². The van der Waals surface area contributed by atoms with Crippen LogP contribution in [0.2, 0.25) is 0 Å². The highest BCUT2D eigenvalue weighted by Gasteiger charge is 2.33. The molecule has 3 aromatic carbocycles. The Labute approximate surface area is 140 Å². The number of alkyl halides is 1. The molecule has 0 amide bonds. The molecule has 1 N–H and O–H groups in total. The molecule has 3 aromatic rings. The Kier molecular flexibility index (Phi) is 4.26. The van der Waals surface area contributed by atoms with Gasteiger partial charge in [0.2, 0.25) is 0 Å². The molecule has 0 aromatic heterocycles. The zero-order valence-electron chi connectivity index (χ0n) is 12.7. The molecule has 0 aliphatic carbocycles. The van der Waals surface area contributed by atoms with Crippen LogP contribution < -0.4 is 4.74 Å². The fourth-order valence-corrected chi connectivity index (χ4v) is 3.06. The molecule has 0 bridgehead atoms. The van der Waals surface area contributed by atoms with E-state index in [1.165, 1.54) is 0 Å². The number of phenolic OH excluding ortho intramolecular Hbond substituents is 1. The number of halogens is 1. The molecule has 0 heterocycles. The minimum absolute atomic E-state index is 0.218. The number of hydrogen-bond donors (Lipinski definition) is 1. The van der Waals surface area contributed by atoms with Gasteiger partial charge in [-0.1, -0.05) is 54.6 Å². The average Bonchev–Trinajstić information content (AvgIpc) is 2.62. The van der Waals surface area contributed by atoms with Crippen molar-refractivity contribution < 1.29 is 9.84 Å². The minimum atomic E-state index is -0.832. The molecule has 0 fully saturated rings. The first kappa shape index (κ1) is 15.4. The van der Waals surface area contributed by atoms with Gasteiger partial charge in [0.05, 0.1) is 7.11 Å². The zero-order valence-corrected chi connectivity index (χ0v) is 13.5. The molecule has 1 unspecified atom stereocenters. The summed E-state index contributed by atoms with van der Waals surface area (Å²) in [5, 5.41) is 9.57. The first-order valence-electron chi connectivity index (χ1n) is 7.33. The van der Waals surface area contributed by atoms with Crippen LogP contribution in [-0.2, 0) is 4.87 Å². The van der Waals surface area contributed by atoms with E-state index in [1.807, 2.05) is 66.7 Å². The van der Waals surface area contributed by atoms with E-state index in [4.69, 9.17) is 16.3 Å². The number of aromatic hydroxyl groups is 1. The highest BCUT2D eigenvalue weighted by atomic mass is 35.5. The van der Waals surface area contributed by atoms with Gasteiger partial charge < -0.3 is 9.84 Å². The van der Waals surface area contributed by atoms with Gasteiger partial charge in [-0.25, -0.2) is 0 Å². The van der Waals surface area contributed by atoms with E-state index in [2.05, 4.69) is 0 Å². The fraction of sp³-hybridized carbons (Fsp3) is 0.100. The maximum atomic E-state index is 9.57. The van der Waals surface area contributed by atoms with Gasteiger partial charge in [0, 0.05) is 0 Å². The Bertz CT molecular complexity index is 767. The van der Waals surface area contributed by atoms with Crippen molar-refractivity contribution >= 4 is 11.6 Å². The van der Waals surface area contributed by atoms with Gasteiger partial charge in [0.1, 0.15) is 16.4 Å². The predicted octanol–water partition coefficient (Wildman–Crippen LogP) is 4.93. The molecule has 116 valence electrons. The van der Waals surface area contributed by atoms with Crippen molar-refractivity contribution in [2.24, 2.45) is 0 Å². The summed E-state index contributed by atoms with van der Waals surface area (Å²) in [7, 11) is 1.64. The minimum Gasteiger partial charge on any atom is -0.508 e. The zero-order chi connectivity index (χ0) is 16.3. The van der Waals surface area contributed by atoms with E-state index in [9.17, 15) is 5.11 Å². The molecule has 0 saturated carbocycles. The lowest BCUT2D eigenvalue weighted by Crippen LogP contribution is -2.22. The molecule has 1 atom stereocenters. The van der Waals surface area contributed by atoms with Gasteiger partial charge in [-0.3, -0.25) is 0 Å². The van der Waals surface area contributed by atoms with E-state index in [1.54, 1.807) is 19.2 Å².